The average molecular weight is 386 g/mol. The zero-order valence-electron chi connectivity index (χ0n) is 16.0. The largest absolute Gasteiger partial charge is 0.207 e. The zero-order chi connectivity index (χ0) is 20.3. The minimum atomic E-state index is -0.859. The van der Waals surface area contributed by atoms with Crippen molar-refractivity contribution >= 4 is 0 Å². The van der Waals surface area contributed by atoms with Crippen LogP contribution in [0.2, 0.25) is 0 Å². The van der Waals surface area contributed by atoms with E-state index >= 15 is 0 Å². The second kappa shape index (κ2) is 8.59. The lowest BCUT2D eigenvalue weighted by molar-refractivity contribution is 0.492. The van der Waals surface area contributed by atoms with E-state index in [2.05, 4.69) is 0 Å². The lowest BCUT2D eigenvalue weighted by atomic mass is 9.98. The van der Waals surface area contributed by atoms with Gasteiger partial charge in [-0.05, 0) is 85.0 Å². The van der Waals surface area contributed by atoms with Gasteiger partial charge in [-0.2, -0.15) is 0 Å². The van der Waals surface area contributed by atoms with Gasteiger partial charge in [0.25, 0.3) is 0 Å². The van der Waals surface area contributed by atoms with Gasteiger partial charge in [0.15, 0.2) is 11.6 Å². The number of hydrogen-bond acceptors (Lipinski definition) is 0. The molecule has 3 rings (SSSR count). The molecule has 0 N–H and O–H groups in total. The number of aryl methyl sites for hydroxylation is 6. The quantitative estimate of drug-likeness (QED) is 0.428. The Labute approximate surface area is 162 Å². The molecule has 0 heterocycles. The molecule has 0 aliphatic rings. The van der Waals surface area contributed by atoms with Crippen molar-refractivity contribution in [1.82, 2.24) is 0 Å². The number of hydrogen-bond donors (Lipinski definition) is 0. The average Bonchev–Trinajstić information content (AvgIpc) is 2.67. The van der Waals surface area contributed by atoms with Gasteiger partial charge in [0.1, 0.15) is 11.6 Å². The van der Waals surface area contributed by atoms with E-state index in [1.165, 1.54) is 25.1 Å². The smallest absolute Gasteiger partial charge is 0.162 e. The maximum atomic E-state index is 14.4. The Hall–Kier alpha value is -2.62. The third-order valence-corrected chi connectivity index (χ3v) is 5.08. The first-order valence-corrected chi connectivity index (χ1v) is 9.31. The monoisotopic (exact) mass is 386 g/mol. The molecule has 0 amide bonds. The van der Waals surface area contributed by atoms with Gasteiger partial charge in [0, 0.05) is 0 Å². The number of rotatable bonds is 6. The second-order valence-electron chi connectivity index (χ2n) is 7.18. The molecule has 0 aromatic heterocycles. The van der Waals surface area contributed by atoms with Crippen molar-refractivity contribution in [3.8, 4) is 0 Å². The van der Waals surface area contributed by atoms with E-state index in [1.54, 1.807) is 25.1 Å². The van der Waals surface area contributed by atoms with Crippen LogP contribution in [0, 0.1) is 37.1 Å². The van der Waals surface area contributed by atoms with Crippen LogP contribution in [-0.4, -0.2) is 0 Å². The normalized spacial score (nSPS) is 11.1. The maximum Gasteiger partial charge on any atom is 0.162 e. The maximum absolute atomic E-state index is 14.4. The minimum Gasteiger partial charge on any atom is -0.207 e. The summed E-state index contributed by atoms with van der Waals surface area (Å²) in [6, 6.07) is 13.2. The fourth-order valence-electron chi connectivity index (χ4n) is 3.18. The summed E-state index contributed by atoms with van der Waals surface area (Å²) in [5, 5.41) is 0. The molecule has 0 aliphatic heterocycles. The number of halogens is 4. The Balaban J connectivity index is 1.64. The summed E-state index contributed by atoms with van der Waals surface area (Å²) >= 11 is 0. The third kappa shape index (κ3) is 4.61. The molecular formula is C24H22F4. The lowest BCUT2D eigenvalue weighted by Gasteiger charge is -2.09. The fourth-order valence-corrected chi connectivity index (χ4v) is 3.18. The molecule has 0 bridgehead atoms. The summed E-state index contributed by atoms with van der Waals surface area (Å²) in [4.78, 5) is 0. The molecule has 0 saturated carbocycles. The van der Waals surface area contributed by atoms with Gasteiger partial charge < -0.3 is 0 Å². The first-order valence-electron chi connectivity index (χ1n) is 9.31. The van der Waals surface area contributed by atoms with E-state index in [9.17, 15) is 17.6 Å². The molecule has 0 atom stereocenters. The molecule has 0 radical (unpaired) electrons. The Kier molecular flexibility index (Phi) is 6.18. The van der Waals surface area contributed by atoms with Crippen LogP contribution in [0.15, 0.2) is 48.5 Å². The van der Waals surface area contributed by atoms with Crippen LogP contribution in [0.1, 0.15) is 33.4 Å². The van der Waals surface area contributed by atoms with E-state index in [0.29, 0.717) is 24.0 Å². The van der Waals surface area contributed by atoms with Gasteiger partial charge in [-0.15, -0.1) is 0 Å². The highest BCUT2D eigenvalue weighted by Gasteiger charge is 2.12. The Morgan fingerprint density at radius 1 is 0.536 bits per heavy atom. The molecule has 4 heteroatoms. The van der Waals surface area contributed by atoms with Crippen LogP contribution in [0.5, 0.6) is 0 Å². The molecule has 3 aromatic carbocycles. The van der Waals surface area contributed by atoms with Crippen LogP contribution in [0.3, 0.4) is 0 Å². The summed E-state index contributed by atoms with van der Waals surface area (Å²) in [6.45, 7) is 3.22. The van der Waals surface area contributed by atoms with Crippen molar-refractivity contribution in [1.29, 1.82) is 0 Å². The van der Waals surface area contributed by atoms with Gasteiger partial charge >= 0.3 is 0 Å². The summed E-state index contributed by atoms with van der Waals surface area (Å²) < 4.78 is 55.6. The fraction of sp³-hybridized carbons (Fsp3) is 0.250. The van der Waals surface area contributed by atoms with Gasteiger partial charge in [-0.3, -0.25) is 0 Å². The van der Waals surface area contributed by atoms with Crippen LogP contribution in [0.25, 0.3) is 0 Å². The number of benzene rings is 3. The highest BCUT2D eigenvalue weighted by molar-refractivity contribution is 5.30. The SMILES string of the molecule is Cc1ccc(CCc2ccc(CCc3ccc(C)c(F)c3F)c(F)c2)cc1F. The highest BCUT2D eigenvalue weighted by Crippen LogP contribution is 2.20. The standard InChI is InChI=1S/C24H22F4/c1-15-3-5-17(13-21(15)25)6-7-18-8-10-19(22(26)14-18)11-12-20-9-4-16(2)23(27)24(20)28/h3-5,8-10,13-14H,6-7,11-12H2,1-2H3. The van der Waals surface area contributed by atoms with E-state index in [-0.39, 0.29) is 35.6 Å². The molecule has 0 fully saturated rings. The van der Waals surface area contributed by atoms with Crippen molar-refractivity contribution in [2.24, 2.45) is 0 Å². The summed E-state index contributed by atoms with van der Waals surface area (Å²) in [6.07, 6.45) is 1.72. The lowest BCUT2D eigenvalue weighted by Crippen LogP contribution is -2.01. The van der Waals surface area contributed by atoms with Crippen molar-refractivity contribution in [2.45, 2.75) is 39.5 Å². The molecule has 0 saturated heterocycles. The summed E-state index contributed by atoms with van der Waals surface area (Å²) in [5.41, 5.74) is 3.24. The molecule has 0 spiro atoms. The van der Waals surface area contributed by atoms with Gasteiger partial charge in [0.05, 0.1) is 0 Å². The molecule has 28 heavy (non-hydrogen) atoms. The van der Waals surface area contributed by atoms with Crippen LogP contribution in [0.4, 0.5) is 17.6 Å². The summed E-state index contributed by atoms with van der Waals surface area (Å²) in [5.74, 6) is -2.30. The van der Waals surface area contributed by atoms with E-state index in [1.807, 2.05) is 12.1 Å². The zero-order valence-corrected chi connectivity index (χ0v) is 16.0. The van der Waals surface area contributed by atoms with Gasteiger partial charge in [-0.25, -0.2) is 17.6 Å². The minimum absolute atomic E-state index is 0.224. The molecule has 3 aromatic rings. The first kappa shape index (κ1) is 20.1. The molecule has 0 unspecified atom stereocenters. The highest BCUT2D eigenvalue weighted by atomic mass is 19.2. The Morgan fingerprint density at radius 3 is 1.71 bits per heavy atom. The van der Waals surface area contributed by atoms with Crippen molar-refractivity contribution in [2.75, 3.05) is 0 Å². The predicted octanol–water partition coefficient (Wildman–Crippen LogP) is 6.43. The molecule has 0 nitrogen and oxygen atoms in total. The third-order valence-electron chi connectivity index (χ3n) is 5.08. The Morgan fingerprint density at radius 2 is 1.07 bits per heavy atom. The van der Waals surface area contributed by atoms with Crippen molar-refractivity contribution < 1.29 is 17.6 Å². The molecular weight excluding hydrogens is 364 g/mol. The van der Waals surface area contributed by atoms with Gasteiger partial charge in [0.2, 0.25) is 0 Å². The van der Waals surface area contributed by atoms with E-state index in [0.717, 1.165) is 11.1 Å². The van der Waals surface area contributed by atoms with Crippen LogP contribution >= 0.6 is 0 Å². The first-order chi connectivity index (χ1) is 13.3. The molecule has 0 aliphatic carbocycles. The van der Waals surface area contributed by atoms with Crippen molar-refractivity contribution in [3.63, 3.8) is 0 Å². The van der Waals surface area contributed by atoms with E-state index < -0.39 is 11.6 Å². The van der Waals surface area contributed by atoms with E-state index in [4.69, 9.17) is 0 Å². The van der Waals surface area contributed by atoms with Crippen LogP contribution < -0.4 is 0 Å². The van der Waals surface area contributed by atoms with Gasteiger partial charge in [-0.1, -0.05) is 36.4 Å². The topological polar surface area (TPSA) is 0 Å². The summed E-state index contributed by atoms with van der Waals surface area (Å²) in [7, 11) is 0. The second-order valence-corrected chi connectivity index (χ2v) is 7.18. The van der Waals surface area contributed by atoms with Crippen molar-refractivity contribution in [3.05, 3.63) is 105 Å². The molecule has 146 valence electrons. The van der Waals surface area contributed by atoms with Crippen LogP contribution in [-0.2, 0) is 25.7 Å². The predicted molar refractivity (Wildman–Crippen MR) is 103 cm³/mol. The Bertz CT molecular complexity index is 992.